The van der Waals surface area contributed by atoms with E-state index < -0.39 is 0 Å². The van der Waals surface area contributed by atoms with Gasteiger partial charge in [-0.15, -0.1) is 24.0 Å². The van der Waals surface area contributed by atoms with E-state index in [4.69, 9.17) is 0 Å². The third-order valence-electron chi connectivity index (χ3n) is 4.94. The van der Waals surface area contributed by atoms with Gasteiger partial charge in [-0.05, 0) is 37.2 Å². The average molecular weight is 486 g/mol. The van der Waals surface area contributed by atoms with Crippen molar-refractivity contribution in [2.45, 2.75) is 51.4 Å². The lowest BCUT2D eigenvalue weighted by molar-refractivity contribution is -0.122. The van der Waals surface area contributed by atoms with Crippen molar-refractivity contribution in [2.75, 3.05) is 26.7 Å². The Morgan fingerprint density at radius 2 is 1.67 bits per heavy atom. The van der Waals surface area contributed by atoms with Gasteiger partial charge in [0.15, 0.2) is 5.96 Å². The molecule has 5 nitrogen and oxygen atoms in total. The van der Waals surface area contributed by atoms with Crippen LogP contribution in [0, 0.1) is 5.92 Å². The maximum atomic E-state index is 12.0. The third kappa shape index (κ3) is 10.6. The molecule has 0 aromatic heterocycles. The van der Waals surface area contributed by atoms with E-state index in [9.17, 15) is 4.79 Å². The first-order chi connectivity index (χ1) is 12.8. The van der Waals surface area contributed by atoms with Crippen LogP contribution in [0.25, 0.3) is 0 Å². The summed E-state index contributed by atoms with van der Waals surface area (Å²) >= 11 is 0. The second-order valence-corrected chi connectivity index (χ2v) is 7.07. The highest BCUT2D eigenvalue weighted by atomic mass is 127. The van der Waals surface area contributed by atoms with Gasteiger partial charge in [-0.1, -0.05) is 49.6 Å². The highest BCUT2D eigenvalue weighted by Gasteiger charge is 2.16. The number of nitrogens with one attached hydrogen (secondary N) is 3. The SMILES string of the molecule is CN=C(NCCCc1ccccc1)NCCNC(=O)CC1CCCCC1.I. The Hall–Kier alpha value is -1.31. The number of rotatable bonds is 9. The largest absolute Gasteiger partial charge is 0.356 e. The van der Waals surface area contributed by atoms with E-state index in [0.29, 0.717) is 25.4 Å². The van der Waals surface area contributed by atoms with Gasteiger partial charge in [0.25, 0.3) is 0 Å². The van der Waals surface area contributed by atoms with Crippen molar-refractivity contribution in [3.8, 4) is 0 Å². The molecule has 0 radical (unpaired) electrons. The fourth-order valence-corrected chi connectivity index (χ4v) is 3.47. The zero-order chi connectivity index (χ0) is 18.5. The number of carbonyl (C=O) groups is 1. The fourth-order valence-electron chi connectivity index (χ4n) is 3.47. The number of aliphatic imine (C=N–C) groups is 1. The number of aryl methyl sites for hydroxylation is 1. The molecule has 1 aromatic rings. The van der Waals surface area contributed by atoms with Gasteiger partial charge in [0, 0.05) is 33.1 Å². The van der Waals surface area contributed by atoms with Crippen molar-refractivity contribution in [1.82, 2.24) is 16.0 Å². The first-order valence-electron chi connectivity index (χ1n) is 10.0. The van der Waals surface area contributed by atoms with Crippen LogP contribution in [0.2, 0.25) is 0 Å². The predicted molar refractivity (Wildman–Crippen MR) is 124 cm³/mol. The molecule has 1 aliphatic carbocycles. The number of guanidine groups is 1. The van der Waals surface area contributed by atoms with Gasteiger partial charge >= 0.3 is 0 Å². The summed E-state index contributed by atoms with van der Waals surface area (Å²) < 4.78 is 0. The maximum Gasteiger partial charge on any atom is 0.220 e. The van der Waals surface area contributed by atoms with Crippen molar-refractivity contribution in [2.24, 2.45) is 10.9 Å². The molecule has 152 valence electrons. The number of amides is 1. The molecule has 0 bridgehead atoms. The molecule has 1 amide bonds. The van der Waals surface area contributed by atoms with Crippen LogP contribution in [0.1, 0.15) is 50.5 Å². The zero-order valence-corrected chi connectivity index (χ0v) is 18.8. The summed E-state index contributed by atoms with van der Waals surface area (Å²) in [6.45, 7) is 2.20. The molecule has 1 saturated carbocycles. The third-order valence-corrected chi connectivity index (χ3v) is 4.94. The highest BCUT2D eigenvalue weighted by Crippen LogP contribution is 2.25. The topological polar surface area (TPSA) is 65.5 Å². The summed E-state index contributed by atoms with van der Waals surface area (Å²) in [6.07, 6.45) is 9.13. The Kier molecular flexibility index (Phi) is 12.9. The monoisotopic (exact) mass is 486 g/mol. The molecule has 0 atom stereocenters. The molecule has 27 heavy (non-hydrogen) atoms. The van der Waals surface area contributed by atoms with E-state index >= 15 is 0 Å². The van der Waals surface area contributed by atoms with Crippen LogP contribution in [0.3, 0.4) is 0 Å². The van der Waals surface area contributed by atoms with E-state index in [0.717, 1.165) is 25.3 Å². The van der Waals surface area contributed by atoms with Crippen molar-refractivity contribution in [3.05, 3.63) is 35.9 Å². The molecule has 0 saturated heterocycles. The first-order valence-corrected chi connectivity index (χ1v) is 10.0. The van der Waals surface area contributed by atoms with E-state index in [2.05, 4.69) is 45.2 Å². The summed E-state index contributed by atoms with van der Waals surface area (Å²) in [5.41, 5.74) is 1.36. The lowest BCUT2D eigenvalue weighted by Gasteiger charge is -2.20. The van der Waals surface area contributed by atoms with Gasteiger partial charge in [-0.2, -0.15) is 0 Å². The van der Waals surface area contributed by atoms with Gasteiger partial charge in [-0.25, -0.2) is 0 Å². The molecule has 1 fully saturated rings. The van der Waals surface area contributed by atoms with Gasteiger partial charge in [-0.3, -0.25) is 9.79 Å². The van der Waals surface area contributed by atoms with Crippen LogP contribution in [0.4, 0.5) is 0 Å². The molecule has 0 unspecified atom stereocenters. The molecule has 2 rings (SSSR count). The van der Waals surface area contributed by atoms with Crippen LogP contribution in [-0.2, 0) is 11.2 Å². The lowest BCUT2D eigenvalue weighted by atomic mass is 9.87. The molecule has 0 aliphatic heterocycles. The molecule has 1 aliphatic rings. The Balaban J connectivity index is 0.00000364. The summed E-state index contributed by atoms with van der Waals surface area (Å²) in [5, 5.41) is 9.58. The Morgan fingerprint density at radius 1 is 1.00 bits per heavy atom. The van der Waals surface area contributed by atoms with E-state index in [-0.39, 0.29) is 29.9 Å². The molecule has 0 spiro atoms. The van der Waals surface area contributed by atoms with E-state index in [1.54, 1.807) is 7.05 Å². The van der Waals surface area contributed by atoms with Crippen LogP contribution in [0.15, 0.2) is 35.3 Å². The summed E-state index contributed by atoms with van der Waals surface area (Å²) in [5.74, 6) is 1.57. The van der Waals surface area contributed by atoms with Crippen molar-refractivity contribution in [1.29, 1.82) is 0 Å². The number of carbonyl (C=O) groups excluding carboxylic acids is 1. The number of hydrogen-bond acceptors (Lipinski definition) is 2. The van der Waals surface area contributed by atoms with Crippen molar-refractivity contribution >= 4 is 35.8 Å². The highest BCUT2D eigenvalue weighted by molar-refractivity contribution is 14.0. The predicted octanol–water partition coefficient (Wildman–Crippen LogP) is 3.49. The zero-order valence-electron chi connectivity index (χ0n) is 16.5. The minimum absolute atomic E-state index is 0. The average Bonchev–Trinajstić information content (AvgIpc) is 2.68. The van der Waals surface area contributed by atoms with E-state index in [1.165, 1.54) is 37.7 Å². The van der Waals surface area contributed by atoms with Gasteiger partial charge in [0.2, 0.25) is 5.91 Å². The minimum atomic E-state index is 0. The molecular formula is C21H35IN4O. The van der Waals surface area contributed by atoms with Gasteiger partial charge < -0.3 is 16.0 Å². The van der Waals surface area contributed by atoms with Crippen molar-refractivity contribution < 1.29 is 4.79 Å². The van der Waals surface area contributed by atoms with Crippen LogP contribution >= 0.6 is 24.0 Å². The first kappa shape index (κ1) is 23.7. The number of halogens is 1. The van der Waals surface area contributed by atoms with Crippen LogP contribution in [0.5, 0.6) is 0 Å². The molecular weight excluding hydrogens is 451 g/mol. The van der Waals surface area contributed by atoms with Crippen LogP contribution < -0.4 is 16.0 Å². The Morgan fingerprint density at radius 3 is 2.37 bits per heavy atom. The van der Waals surface area contributed by atoms with Gasteiger partial charge in [0.1, 0.15) is 0 Å². The smallest absolute Gasteiger partial charge is 0.220 e. The quantitative estimate of drug-likeness (QED) is 0.217. The summed E-state index contributed by atoms with van der Waals surface area (Å²) in [6, 6.07) is 10.5. The second kappa shape index (κ2) is 14.7. The Bertz CT molecular complexity index is 544. The number of hydrogen-bond donors (Lipinski definition) is 3. The minimum Gasteiger partial charge on any atom is -0.356 e. The standard InChI is InChI=1S/C21H34N4O.HI/c1-22-21(24-14-8-13-18-9-4-2-5-10-18)25-16-15-23-20(26)17-19-11-6-3-7-12-19;/h2,4-5,9-10,19H,3,6-8,11-17H2,1H3,(H,23,26)(H2,22,24,25);1H. The molecule has 6 heteroatoms. The number of nitrogens with zero attached hydrogens (tertiary/aromatic N) is 1. The normalized spacial score (nSPS) is 14.9. The molecule has 1 aromatic carbocycles. The van der Waals surface area contributed by atoms with Crippen LogP contribution in [-0.4, -0.2) is 38.5 Å². The Labute approximate surface area is 181 Å². The maximum absolute atomic E-state index is 12.0. The fraction of sp³-hybridized carbons (Fsp3) is 0.619. The van der Waals surface area contributed by atoms with E-state index in [1.807, 2.05) is 6.07 Å². The molecule has 3 N–H and O–H groups in total. The second-order valence-electron chi connectivity index (χ2n) is 7.07. The lowest BCUT2D eigenvalue weighted by Crippen LogP contribution is -2.42. The summed E-state index contributed by atoms with van der Waals surface area (Å²) in [7, 11) is 1.77. The number of benzene rings is 1. The van der Waals surface area contributed by atoms with Crippen molar-refractivity contribution in [3.63, 3.8) is 0 Å². The summed E-state index contributed by atoms with van der Waals surface area (Å²) in [4.78, 5) is 16.2. The molecule has 0 heterocycles. The van der Waals surface area contributed by atoms with Gasteiger partial charge in [0.05, 0.1) is 0 Å².